The maximum atomic E-state index is 13.5. The molecule has 1 aliphatic heterocycles. The molecule has 0 saturated heterocycles. The molecule has 1 rings (SSSR count). The van der Waals surface area contributed by atoms with Crippen molar-refractivity contribution in [2.24, 2.45) is 5.73 Å². The zero-order valence-corrected chi connectivity index (χ0v) is 10.0. The molecule has 0 bridgehead atoms. The molecule has 0 aromatic carbocycles. The maximum Gasteiger partial charge on any atom is 0.194 e. The van der Waals surface area contributed by atoms with Gasteiger partial charge in [-0.05, 0) is 26.5 Å². The average molecular weight is 225 g/mol. The number of nitrogens with one attached hydrogen (secondary N) is 2. The van der Waals surface area contributed by atoms with E-state index in [1.54, 1.807) is 6.08 Å². The third-order valence-electron chi connectivity index (χ3n) is 2.57. The van der Waals surface area contributed by atoms with Gasteiger partial charge in [-0.15, -0.1) is 0 Å². The zero-order chi connectivity index (χ0) is 12.1. The molecule has 0 aliphatic carbocycles. The number of halogens is 1. The Bertz CT molecular complexity index is 331. The van der Waals surface area contributed by atoms with Crippen molar-refractivity contribution in [2.75, 3.05) is 0 Å². The van der Waals surface area contributed by atoms with Crippen LogP contribution in [0.15, 0.2) is 35.4 Å². The lowest BCUT2D eigenvalue weighted by atomic mass is 10.1. The van der Waals surface area contributed by atoms with E-state index in [1.165, 1.54) is 5.57 Å². The second-order valence-electron chi connectivity index (χ2n) is 4.05. The van der Waals surface area contributed by atoms with Crippen LogP contribution >= 0.6 is 0 Å². The van der Waals surface area contributed by atoms with Crippen molar-refractivity contribution in [3.05, 3.63) is 35.4 Å². The summed E-state index contributed by atoms with van der Waals surface area (Å²) in [5.41, 5.74) is 7.48. The Balaban J connectivity index is 2.64. The van der Waals surface area contributed by atoms with Gasteiger partial charge < -0.3 is 16.4 Å². The van der Waals surface area contributed by atoms with Gasteiger partial charge in [-0.3, -0.25) is 0 Å². The van der Waals surface area contributed by atoms with Crippen molar-refractivity contribution in [3.8, 4) is 0 Å². The van der Waals surface area contributed by atoms with E-state index in [0.29, 0.717) is 5.57 Å². The van der Waals surface area contributed by atoms with Crippen LogP contribution in [0, 0.1) is 0 Å². The van der Waals surface area contributed by atoms with Gasteiger partial charge in [0.2, 0.25) is 0 Å². The fraction of sp³-hybridized carbons (Fsp3) is 0.500. The smallest absolute Gasteiger partial charge is 0.194 e. The molecule has 1 heterocycles. The fourth-order valence-corrected chi connectivity index (χ4v) is 1.32. The van der Waals surface area contributed by atoms with Crippen LogP contribution in [-0.2, 0) is 0 Å². The number of allylic oxidation sites excluding steroid dienone is 1. The van der Waals surface area contributed by atoms with Gasteiger partial charge in [-0.25, -0.2) is 0 Å². The largest absolute Gasteiger partial charge is 0.372 e. The lowest BCUT2D eigenvalue weighted by molar-refractivity contribution is 0.491. The van der Waals surface area contributed by atoms with Crippen molar-refractivity contribution in [2.45, 2.75) is 39.4 Å². The number of dihydropyridines is 1. The predicted octanol–water partition coefficient (Wildman–Crippen LogP) is 1.90. The van der Waals surface area contributed by atoms with Gasteiger partial charge >= 0.3 is 0 Å². The van der Waals surface area contributed by atoms with Gasteiger partial charge in [0.15, 0.2) is 5.95 Å². The van der Waals surface area contributed by atoms with Crippen LogP contribution in [0.5, 0.6) is 0 Å². The average Bonchev–Trinajstić information content (AvgIpc) is 2.25. The summed E-state index contributed by atoms with van der Waals surface area (Å²) in [5, 5.41) is 5.67. The quantitative estimate of drug-likeness (QED) is 0.506. The normalized spacial score (nSPS) is 23.1. The first-order valence-corrected chi connectivity index (χ1v) is 5.56. The predicted molar refractivity (Wildman–Crippen MR) is 65.0 cm³/mol. The van der Waals surface area contributed by atoms with Crippen molar-refractivity contribution < 1.29 is 4.39 Å². The maximum absolute atomic E-state index is 13.5. The first-order chi connectivity index (χ1) is 7.54. The molecule has 2 atom stereocenters. The summed E-state index contributed by atoms with van der Waals surface area (Å²) < 4.78 is 13.5. The molecule has 4 heteroatoms. The first kappa shape index (κ1) is 12.8. The molecule has 16 heavy (non-hydrogen) atoms. The van der Waals surface area contributed by atoms with Crippen LogP contribution in [0.1, 0.15) is 27.2 Å². The highest BCUT2D eigenvalue weighted by Gasteiger charge is 2.16. The van der Waals surface area contributed by atoms with Gasteiger partial charge in [0.25, 0.3) is 0 Å². The van der Waals surface area contributed by atoms with Crippen LogP contribution in [0.25, 0.3) is 0 Å². The number of rotatable bonds is 4. The second kappa shape index (κ2) is 5.70. The Hall–Kier alpha value is -1.29. The Labute approximate surface area is 96.3 Å². The van der Waals surface area contributed by atoms with Crippen LogP contribution in [0.3, 0.4) is 0 Å². The summed E-state index contributed by atoms with van der Waals surface area (Å²) in [7, 11) is 0. The summed E-state index contributed by atoms with van der Waals surface area (Å²) in [4.78, 5) is 0. The lowest BCUT2D eigenvalue weighted by Gasteiger charge is -2.21. The van der Waals surface area contributed by atoms with Crippen LogP contribution in [0.2, 0.25) is 0 Å². The molecule has 0 radical (unpaired) electrons. The molecule has 0 fully saturated rings. The standard InChI is InChI=1S/C12H20FN3/c1-4-8(2)7-15-12(14)10-6-5-9(3)16-11(10)13/h5-7,9,12,15-16H,4,14H2,1-3H3/b8-7-. The van der Waals surface area contributed by atoms with E-state index < -0.39 is 6.17 Å². The molecule has 1 aliphatic rings. The number of hydrogen-bond donors (Lipinski definition) is 3. The third-order valence-corrected chi connectivity index (χ3v) is 2.57. The monoisotopic (exact) mass is 225 g/mol. The van der Waals surface area contributed by atoms with Crippen LogP contribution in [-0.4, -0.2) is 12.2 Å². The Kier molecular flexibility index (Phi) is 4.55. The first-order valence-electron chi connectivity index (χ1n) is 5.56. The molecule has 2 unspecified atom stereocenters. The molecule has 4 N–H and O–H groups in total. The van der Waals surface area contributed by atoms with E-state index in [0.717, 1.165) is 6.42 Å². The highest BCUT2D eigenvalue weighted by Crippen LogP contribution is 2.14. The molecule has 0 spiro atoms. The minimum Gasteiger partial charge on any atom is -0.372 e. The van der Waals surface area contributed by atoms with Gasteiger partial charge in [0, 0.05) is 11.6 Å². The van der Waals surface area contributed by atoms with E-state index in [9.17, 15) is 4.39 Å². The highest BCUT2D eigenvalue weighted by molar-refractivity contribution is 5.31. The van der Waals surface area contributed by atoms with Crippen molar-refractivity contribution in [1.29, 1.82) is 0 Å². The Morgan fingerprint density at radius 1 is 1.75 bits per heavy atom. The van der Waals surface area contributed by atoms with Crippen LogP contribution < -0.4 is 16.4 Å². The minimum atomic E-state index is -0.516. The van der Waals surface area contributed by atoms with Crippen molar-refractivity contribution >= 4 is 0 Å². The fourth-order valence-electron chi connectivity index (χ4n) is 1.32. The number of hydrogen-bond acceptors (Lipinski definition) is 3. The molecule has 0 amide bonds. The Morgan fingerprint density at radius 2 is 2.44 bits per heavy atom. The number of nitrogens with two attached hydrogens (primary N) is 1. The van der Waals surface area contributed by atoms with E-state index in [4.69, 9.17) is 5.73 Å². The van der Waals surface area contributed by atoms with E-state index >= 15 is 0 Å². The van der Waals surface area contributed by atoms with Gasteiger partial charge in [-0.2, -0.15) is 4.39 Å². The third kappa shape index (κ3) is 3.38. The van der Waals surface area contributed by atoms with Gasteiger partial charge in [0.1, 0.15) is 6.17 Å². The van der Waals surface area contributed by atoms with Gasteiger partial charge in [-0.1, -0.05) is 24.6 Å². The zero-order valence-electron chi connectivity index (χ0n) is 10.0. The van der Waals surface area contributed by atoms with E-state index in [1.807, 2.05) is 26.1 Å². The highest BCUT2D eigenvalue weighted by atomic mass is 19.1. The molecule has 90 valence electrons. The molecule has 3 nitrogen and oxygen atoms in total. The van der Waals surface area contributed by atoms with Crippen LogP contribution in [0.4, 0.5) is 4.39 Å². The summed E-state index contributed by atoms with van der Waals surface area (Å²) in [6, 6.07) is 0.0175. The molecule has 0 aromatic rings. The summed E-state index contributed by atoms with van der Waals surface area (Å²) in [5.74, 6) is -0.349. The molecular formula is C12H20FN3. The minimum absolute atomic E-state index is 0.0175. The SMILES string of the molecule is CC/C(C)=C\NC(N)C1=C(F)NC(C)C=C1. The van der Waals surface area contributed by atoms with E-state index in [-0.39, 0.29) is 12.0 Å². The van der Waals surface area contributed by atoms with Crippen molar-refractivity contribution in [1.82, 2.24) is 10.6 Å². The summed E-state index contributed by atoms with van der Waals surface area (Å²) >= 11 is 0. The molecule has 0 aromatic heterocycles. The summed E-state index contributed by atoms with van der Waals surface area (Å²) in [6.07, 6.45) is 5.88. The second-order valence-corrected chi connectivity index (χ2v) is 4.05. The summed E-state index contributed by atoms with van der Waals surface area (Å²) in [6.45, 7) is 5.94. The van der Waals surface area contributed by atoms with E-state index in [2.05, 4.69) is 17.6 Å². The van der Waals surface area contributed by atoms with Crippen molar-refractivity contribution in [3.63, 3.8) is 0 Å². The topological polar surface area (TPSA) is 50.1 Å². The Morgan fingerprint density at radius 3 is 3.00 bits per heavy atom. The molecular weight excluding hydrogens is 205 g/mol. The lowest BCUT2D eigenvalue weighted by Crippen LogP contribution is -2.39. The van der Waals surface area contributed by atoms with Gasteiger partial charge in [0.05, 0.1) is 0 Å². The molecule has 0 saturated carbocycles.